The first kappa shape index (κ1) is 21.4. The van der Waals surface area contributed by atoms with E-state index in [0.717, 1.165) is 10.6 Å². The van der Waals surface area contributed by atoms with Crippen molar-refractivity contribution in [3.05, 3.63) is 86.7 Å². The Morgan fingerprint density at radius 2 is 1.84 bits per heavy atom. The van der Waals surface area contributed by atoms with Crippen LogP contribution in [0.2, 0.25) is 5.02 Å². The van der Waals surface area contributed by atoms with Crippen LogP contribution < -0.4 is 5.56 Å². The van der Waals surface area contributed by atoms with Crippen LogP contribution in [0.25, 0.3) is 11.3 Å². The van der Waals surface area contributed by atoms with E-state index >= 15 is 0 Å². The lowest BCUT2D eigenvalue weighted by atomic mass is 10.1. The number of thioether (sulfide) groups is 1. The van der Waals surface area contributed by atoms with E-state index in [-0.39, 0.29) is 27.7 Å². The molecule has 0 spiro atoms. The number of hydrogen-bond donors (Lipinski definition) is 0. The van der Waals surface area contributed by atoms with Crippen LogP contribution in [0, 0.1) is 12.7 Å². The van der Waals surface area contributed by atoms with Crippen molar-refractivity contribution in [2.45, 2.75) is 24.0 Å². The fourth-order valence-electron chi connectivity index (χ4n) is 3.15. The van der Waals surface area contributed by atoms with Gasteiger partial charge in [0.2, 0.25) is 5.65 Å². The first-order valence-corrected chi connectivity index (χ1v) is 10.2. The van der Waals surface area contributed by atoms with E-state index in [2.05, 4.69) is 10.2 Å². The minimum atomic E-state index is -4.54. The molecule has 0 atom stereocenters. The highest BCUT2D eigenvalue weighted by atomic mass is 35.5. The summed E-state index contributed by atoms with van der Waals surface area (Å²) in [6.45, 7) is 1.31. The average molecular weight is 469 g/mol. The summed E-state index contributed by atoms with van der Waals surface area (Å²) in [6.07, 6.45) is -1.68. The molecule has 0 fully saturated rings. The zero-order valence-corrected chi connectivity index (χ0v) is 17.4. The lowest BCUT2D eigenvalue weighted by Gasteiger charge is -2.15. The third kappa shape index (κ3) is 3.92. The fraction of sp³-hybridized carbons (Fsp3) is 0.150. The fourth-order valence-corrected chi connectivity index (χ4v) is 4.33. The molecule has 0 N–H and O–H groups in total. The number of alkyl halides is 3. The highest BCUT2D eigenvalue weighted by Gasteiger charge is 2.33. The van der Waals surface area contributed by atoms with Gasteiger partial charge in [0.15, 0.2) is 5.16 Å². The Morgan fingerprint density at radius 1 is 1.10 bits per heavy atom. The average Bonchev–Trinajstić information content (AvgIpc) is 3.13. The molecule has 11 heteroatoms. The van der Waals surface area contributed by atoms with Crippen molar-refractivity contribution in [3.8, 4) is 5.69 Å². The SMILES string of the molecule is Cc1c(-n2ccn3c(SCc4cccc(F)c4Cl)nnc3c2=O)cccc1C(F)(F)F. The number of hydrogen-bond acceptors (Lipinski definition) is 4. The van der Waals surface area contributed by atoms with Crippen LogP contribution in [0.15, 0.2) is 58.7 Å². The van der Waals surface area contributed by atoms with E-state index in [1.54, 1.807) is 6.07 Å². The lowest BCUT2D eigenvalue weighted by molar-refractivity contribution is -0.138. The van der Waals surface area contributed by atoms with Crippen molar-refractivity contribution in [2.75, 3.05) is 0 Å². The molecule has 2 aromatic carbocycles. The van der Waals surface area contributed by atoms with Gasteiger partial charge in [-0.2, -0.15) is 13.2 Å². The van der Waals surface area contributed by atoms with Gasteiger partial charge in [0.05, 0.1) is 16.3 Å². The summed E-state index contributed by atoms with van der Waals surface area (Å²) in [5, 5.41) is 8.24. The molecule has 0 saturated heterocycles. The maximum absolute atomic E-state index is 13.6. The highest BCUT2D eigenvalue weighted by molar-refractivity contribution is 7.98. The van der Waals surface area contributed by atoms with E-state index in [1.165, 1.54) is 59.7 Å². The molecule has 31 heavy (non-hydrogen) atoms. The van der Waals surface area contributed by atoms with Gasteiger partial charge in [-0.3, -0.25) is 13.8 Å². The summed E-state index contributed by atoms with van der Waals surface area (Å²) in [4.78, 5) is 12.9. The first-order valence-electron chi connectivity index (χ1n) is 8.87. The van der Waals surface area contributed by atoms with Crippen molar-refractivity contribution < 1.29 is 17.6 Å². The molecular formula is C20H13ClF4N4OS. The number of aromatic nitrogens is 4. The zero-order valence-electron chi connectivity index (χ0n) is 15.8. The van der Waals surface area contributed by atoms with Gasteiger partial charge in [0.1, 0.15) is 5.82 Å². The Kier molecular flexibility index (Phi) is 5.52. The number of halogens is 5. The van der Waals surface area contributed by atoms with Crippen LogP contribution in [-0.4, -0.2) is 19.2 Å². The Morgan fingerprint density at radius 3 is 2.58 bits per heavy atom. The Labute approximate surface area is 182 Å². The second-order valence-electron chi connectivity index (χ2n) is 6.60. The number of benzene rings is 2. The van der Waals surface area contributed by atoms with Gasteiger partial charge in [0.25, 0.3) is 0 Å². The van der Waals surface area contributed by atoms with Gasteiger partial charge in [0, 0.05) is 18.1 Å². The van der Waals surface area contributed by atoms with Gasteiger partial charge in [-0.15, -0.1) is 10.2 Å². The molecular weight excluding hydrogens is 456 g/mol. The third-order valence-electron chi connectivity index (χ3n) is 4.70. The quantitative estimate of drug-likeness (QED) is 0.301. The number of fused-ring (bicyclic) bond motifs is 1. The van der Waals surface area contributed by atoms with Crippen LogP contribution in [0.4, 0.5) is 17.6 Å². The van der Waals surface area contributed by atoms with Crippen LogP contribution >= 0.6 is 23.4 Å². The molecule has 160 valence electrons. The number of nitrogens with zero attached hydrogens (tertiary/aromatic N) is 4. The van der Waals surface area contributed by atoms with Crippen LogP contribution in [0.3, 0.4) is 0 Å². The van der Waals surface area contributed by atoms with Crippen molar-refractivity contribution in [1.82, 2.24) is 19.2 Å². The Hall–Kier alpha value is -2.85. The Bertz CT molecular complexity index is 1350. The predicted octanol–water partition coefficient (Wildman–Crippen LogP) is 5.29. The summed E-state index contributed by atoms with van der Waals surface area (Å²) in [7, 11) is 0. The van der Waals surface area contributed by atoms with Gasteiger partial charge in [-0.25, -0.2) is 4.39 Å². The lowest BCUT2D eigenvalue weighted by Crippen LogP contribution is -2.22. The molecule has 0 bridgehead atoms. The summed E-state index contributed by atoms with van der Waals surface area (Å²) in [6, 6.07) is 8.10. The van der Waals surface area contributed by atoms with Crippen molar-refractivity contribution in [3.63, 3.8) is 0 Å². The molecule has 4 rings (SSSR count). The maximum atomic E-state index is 13.6. The molecule has 5 nitrogen and oxygen atoms in total. The summed E-state index contributed by atoms with van der Waals surface area (Å²) >= 11 is 7.15. The van der Waals surface area contributed by atoms with E-state index in [9.17, 15) is 22.4 Å². The largest absolute Gasteiger partial charge is 0.416 e. The second kappa shape index (κ2) is 8.01. The minimum Gasteiger partial charge on any atom is -0.279 e. The second-order valence-corrected chi connectivity index (χ2v) is 7.92. The number of rotatable bonds is 4. The van der Waals surface area contributed by atoms with Crippen LogP contribution in [0.1, 0.15) is 16.7 Å². The van der Waals surface area contributed by atoms with E-state index in [4.69, 9.17) is 11.6 Å². The molecule has 0 saturated carbocycles. The van der Waals surface area contributed by atoms with E-state index in [1.807, 2.05) is 0 Å². The van der Waals surface area contributed by atoms with Crippen LogP contribution in [-0.2, 0) is 11.9 Å². The van der Waals surface area contributed by atoms with Crippen molar-refractivity contribution >= 4 is 29.0 Å². The molecule has 0 unspecified atom stereocenters. The van der Waals surface area contributed by atoms with Gasteiger partial charge >= 0.3 is 11.7 Å². The highest BCUT2D eigenvalue weighted by Crippen LogP contribution is 2.34. The van der Waals surface area contributed by atoms with Gasteiger partial charge < -0.3 is 0 Å². The molecule has 4 aromatic rings. The van der Waals surface area contributed by atoms with Crippen molar-refractivity contribution in [1.29, 1.82) is 0 Å². The van der Waals surface area contributed by atoms with Crippen molar-refractivity contribution in [2.24, 2.45) is 0 Å². The monoisotopic (exact) mass is 468 g/mol. The maximum Gasteiger partial charge on any atom is 0.416 e. The minimum absolute atomic E-state index is 0.00574. The molecule has 0 aliphatic rings. The molecule has 0 aliphatic heterocycles. The normalized spacial score (nSPS) is 11.9. The molecule has 2 aromatic heterocycles. The summed E-state index contributed by atoms with van der Waals surface area (Å²) < 4.78 is 55.8. The third-order valence-corrected chi connectivity index (χ3v) is 6.11. The molecule has 0 amide bonds. The van der Waals surface area contributed by atoms with E-state index in [0.29, 0.717) is 10.7 Å². The summed E-state index contributed by atoms with van der Waals surface area (Å²) in [5.74, 6) is -0.252. The van der Waals surface area contributed by atoms with Gasteiger partial charge in [-0.1, -0.05) is 41.6 Å². The van der Waals surface area contributed by atoms with E-state index < -0.39 is 23.1 Å². The predicted molar refractivity (Wildman–Crippen MR) is 109 cm³/mol. The van der Waals surface area contributed by atoms with Gasteiger partial charge in [-0.05, 0) is 36.2 Å². The molecule has 0 aliphatic carbocycles. The first-order chi connectivity index (χ1) is 14.7. The van der Waals surface area contributed by atoms with Crippen LogP contribution in [0.5, 0.6) is 0 Å². The molecule has 2 heterocycles. The molecule has 0 radical (unpaired) electrons. The Balaban J connectivity index is 1.71. The smallest absolute Gasteiger partial charge is 0.279 e. The zero-order chi connectivity index (χ0) is 22.3. The topological polar surface area (TPSA) is 52.2 Å². The summed E-state index contributed by atoms with van der Waals surface area (Å²) in [5.41, 5.74) is -0.902. The standard InChI is InChI=1S/C20H13ClF4N4OS/c1-11-13(20(23,24)25)5-3-7-15(11)28-8-9-29-17(18(28)30)26-27-19(29)31-10-12-4-2-6-14(22)16(12)21/h2-9H,10H2,1H3.